The van der Waals surface area contributed by atoms with Gasteiger partial charge in [0.15, 0.2) is 0 Å². The lowest BCUT2D eigenvalue weighted by atomic mass is 10.1. The highest BCUT2D eigenvalue weighted by atomic mass is 16.5. The van der Waals surface area contributed by atoms with Gasteiger partial charge in [0.2, 0.25) is 11.8 Å². The molecule has 1 aliphatic rings. The van der Waals surface area contributed by atoms with Crippen LogP contribution in [0.25, 0.3) is 0 Å². The van der Waals surface area contributed by atoms with Crippen molar-refractivity contribution in [3.8, 4) is 0 Å². The normalized spacial score (nSPS) is 18.9. The summed E-state index contributed by atoms with van der Waals surface area (Å²) in [7, 11) is 0. The first-order valence-corrected chi connectivity index (χ1v) is 7.46. The third-order valence-corrected chi connectivity index (χ3v) is 3.44. The van der Waals surface area contributed by atoms with Crippen LogP contribution in [0.15, 0.2) is 0 Å². The third-order valence-electron chi connectivity index (χ3n) is 3.44. The van der Waals surface area contributed by atoms with Crippen molar-refractivity contribution in [3.05, 3.63) is 0 Å². The Hall–Kier alpha value is -1.27. The molecule has 6 nitrogen and oxygen atoms in total. The Balaban J connectivity index is 1.99. The highest BCUT2D eigenvalue weighted by Crippen LogP contribution is 2.17. The van der Waals surface area contributed by atoms with Crippen molar-refractivity contribution in [1.29, 1.82) is 0 Å². The van der Waals surface area contributed by atoms with Crippen LogP contribution >= 0.6 is 0 Å². The van der Waals surface area contributed by atoms with Crippen LogP contribution in [0.1, 0.15) is 33.6 Å². The number of imide groups is 1. The molecule has 0 aromatic carbocycles. The van der Waals surface area contributed by atoms with Gasteiger partial charge in [-0.05, 0) is 0 Å². The molecule has 21 heavy (non-hydrogen) atoms. The lowest BCUT2D eigenvalue weighted by Gasteiger charge is -2.14. The van der Waals surface area contributed by atoms with E-state index < -0.39 is 0 Å². The number of hydrogen-bond donors (Lipinski definition) is 0. The molecule has 1 aliphatic heterocycles. The van der Waals surface area contributed by atoms with E-state index in [4.69, 9.17) is 9.47 Å². The molecule has 6 heteroatoms. The molecular formula is C15H25NO5. The standard InChI is InChI=1S/C15H25NO5/c1-11(2)13(17)4-6-20-8-9-21-7-5-16-14(18)10-12(3)15(16)19/h11-12H,4-10H2,1-3H3. The molecule has 1 rings (SSSR count). The Labute approximate surface area is 125 Å². The summed E-state index contributed by atoms with van der Waals surface area (Å²) in [5.41, 5.74) is 0. The number of Topliss-reactive ketones (excluding diaryl/α,β-unsaturated/α-hetero) is 1. The molecule has 0 bridgehead atoms. The molecule has 120 valence electrons. The van der Waals surface area contributed by atoms with Crippen LogP contribution in [-0.2, 0) is 23.9 Å². The SMILES string of the molecule is CC(C)C(=O)CCOCCOCCN1C(=O)CC(C)C1=O. The molecule has 0 aromatic rings. The smallest absolute Gasteiger partial charge is 0.232 e. The summed E-state index contributed by atoms with van der Waals surface area (Å²) in [6.07, 6.45) is 0.720. The first-order valence-electron chi connectivity index (χ1n) is 7.46. The molecule has 0 N–H and O–H groups in total. The van der Waals surface area contributed by atoms with Gasteiger partial charge in [-0.3, -0.25) is 19.3 Å². The number of hydrogen-bond acceptors (Lipinski definition) is 5. The van der Waals surface area contributed by atoms with Gasteiger partial charge in [-0.1, -0.05) is 20.8 Å². The summed E-state index contributed by atoms with van der Waals surface area (Å²) in [6.45, 7) is 7.31. The van der Waals surface area contributed by atoms with E-state index in [9.17, 15) is 14.4 Å². The molecule has 0 saturated carbocycles. The molecule has 1 atom stereocenters. The number of rotatable bonds is 10. The van der Waals surface area contributed by atoms with Crippen molar-refractivity contribution < 1.29 is 23.9 Å². The number of amides is 2. The average molecular weight is 299 g/mol. The number of likely N-dealkylation sites (tertiary alicyclic amines) is 1. The average Bonchev–Trinajstić information content (AvgIpc) is 2.67. The van der Waals surface area contributed by atoms with Gasteiger partial charge < -0.3 is 9.47 Å². The van der Waals surface area contributed by atoms with Gasteiger partial charge in [-0.2, -0.15) is 0 Å². The third kappa shape index (κ3) is 5.93. The number of carbonyl (C=O) groups is 3. The highest BCUT2D eigenvalue weighted by Gasteiger charge is 2.34. The van der Waals surface area contributed by atoms with E-state index in [1.807, 2.05) is 13.8 Å². The molecule has 0 aliphatic carbocycles. The molecular weight excluding hydrogens is 274 g/mol. The second-order valence-electron chi connectivity index (χ2n) is 5.58. The fraction of sp³-hybridized carbons (Fsp3) is 0.800. The number of ether oxygens (including phenoxy) is 2. The van der Waals surface area contributed by atoms with E-state index in [0.29, 0.717) is 45.8 Å². The molecule has 0 radical (unpaired) electrons. The minimum absolute atomic E-state index is 0.0442. The van der Waals surface area contributed by atoms with Gasteiger partial charge in [0, 0.05) is 24.7 Å². The Morgan fingerprint density at radius 1 is 1.19 bits per heavy atom. The Bertz CT molecular complexity index is 380. The zero-order valence-electron chi connectivity index (χ0n) is 13.1. The summed E-state index contributed by atoms with van der Waals surface area (Å²) < 4.78 is 10.6. The van der Waals surface area contributed by atoms with Gasteiger partial charge in [-0.25, -0.2) is 0 Å². The minimum Gasteiger partial charge on any atom is -0.379 e. The fourth-order valence-electron chi connectivity index (χ4n) is 2.02. The largest absolute Gasteiger partial charge is 0.379 e. The van der Waals surface area contributed by atoms with Crippen LogP contribution in [0.2, 0.25) is 0 Å². The summed E-state index contributed by atoms with van der Waals surface area (Å²) in [6, 6.07) is 0. The Morgan fingerprint density at radius 3 is 2.33 bits per heavy atom. The maximum Gasteiger partial charge on any atom is 0.232 e. The van der Waals surface area contributed by atoms with E-state index in [2.05, 4.69) is 0 Å². The minimum atomic E-state index is -0.209. The molecule has 0 spiro atoms. The van der Waals surface area contributed by atoms with Crippen molar-refractivity contribution >= 4 is 17.6 Å². The predicted molar refractivity (Wildman–Crippen MR) is 76.6 cm³/mol. The summed E-state index contributed by atoms with van der Waals surface area (Å²) >= 11 is 0. The molecule has 0 aromatic heterocycles. The Kier molecular flexibility index (Phi) is 7.53. The van der Waals surface area contributed by atoms with Crippen LogP contribution < -0.4 is 0 Å². The Morgan fingerprint density at radius 2 is 1.81 bits per heavy atom. The van der Waals surface area contributed by atoms with Crippen molar-refractivity contribution in [1.82, 2.24) is 4.90 Å². The first-order chi connectivity index (χ1) is 9.93. The van der Waals surface area contributed by atoms with Crippen molar-refractivity contribution in [2.75, 3.05) is 33.0 Å². The lowest BCUT2D eigenvalue weighted by molar-refractivity contribution is -0.140. The van der Waals surface area contributed by atoms with Crippen molar-refractivity contribution in [3.63, 3.8) is 0 Å². The zero-order chi connectivity index (χ0) is 15.8. The van der Waals surface area contributed by atoms with Crippen molar-refractivity contribution in [2.24, 2.45) is 11.8 Å². The van der Waals surface area contributed by atoms with E-state index in [0.717, 1.165) is 0 Å². The van der Waals surface area contributed by atoms with Gasteiger partial charge >= 0.3 is 0 Å². The quantitative estimate of drug-likeness (QED) is 0.445. The number of nitrogens with zero attached hydrogens (tertiary/aromatic N) is 1. The van der Waals surface area contributed by atoms with Crippen LogP contribution in [0, 0.1) is 11.8 Å². The maximum atomic E-state index is 11.6. The molecule has 1 saturated heterocycles. The topological polar surface area (TPSA) is 72.9 Å². The van der Waals surface area contributed by atoms with E-state index >= 15 is 0 Å². The van der Waals surface area contributed by atoms with Crippen LogP contribution in [0.3, 0.4) is 0 Å². The predicted octanol–water partition coefficient (Wildman–Crippen LogP) is 1.03. The highest BCUT2D eigenvalue weighted by molar-refractivity contribution is 6.03. The van der Waals surface area contributed by atoms with Crippen LogP contribution in [-0.4, -0.2) is 55.5 Å². The van der Waals surface area contributed by atoms with Crippen LogP contribution in [0.4, 0.5) is 0 Å². The van der Waals surface area contributed by atoms with Gasteiger partial charge in [0.1, 0.15) is 5.78 Å². The van der Waals surface area contributed by atoms with E-state index in [-0.39, 0.29) is 29.4 Å². The fourth-order valence-corrected chi connectivity index (χ4v) is 2.02. The van der Waals surface area contributed by atoms with Gasteiger partial charge in [0.05, 0.1) is 33.0 Å². The molecule has 1 unspecified atom stereocenters. The second-order valence-corrected chi connectivity index (χ2v) is 5.58. The molecule has 1 fully saturated rings. The molecule has 1 heterocycles. The van der Waals surface area contributed by atoms with Crippen LogP contribution in [0.5, 0.6) is 0 Å². The monoisotopic (exact) mass is 299 g/mol. The maximum absolute atomic E-state index is 11.6. The number of ketones is 1. The summed E-state index contributed by atoms with van der Waals surface area (Å²) in [4.78, 5) is 35.7. The summed E-state index contributed by atoms with van der Waals surface area (Å²) in [5, 5.41) is 0. The van der Waals surface area contributed by atoms with E-state index in [1.54, 1.807) is 6.92 Å². The first kappa shape index (κ1) is 17.8. The van der Waals surface area contributed by atoms with Gasteiger partial charge in [-0.15, -0.1) is 0 Å². The summed E-state index contributed by atoms with van der Waals surface area (Å²) in [5.74, 6) is -0.218. The second kappa shape index (κ2) is 8.89. The zero-order valence-corrected chi connectivity index (χ0v) is 13.1. The molecule has 2 amide bonds. The van der Waals surface area contributed by atoms with Crippen molar-refractivity contribution in [2.45, 2.75) is 33.6 Å². The van der Waals surface area contributed by atoms with E-state index in [1.165, 1.54) is 4.90 Å². The number of carbonyl (C=O) groups excluding carboxylic acids is 3. The van der Waals surface area contributed by atoms with Gasteiger partial charge in [0.25, 0.3) is 0 Å². The lowest BCUT2D eigenvalue weighted by Crippen LogP contribution is -2.33.